The molecule has 3 rings (SSSR count). The molecule has 0 bridgehead atoms. The largest absolute Gasteiger partial charge is 0.325 e. The quantitative estimate of drug-likeness (QED) is 0.599. The summed E-state index contributed by atoms with van der Waals surface area (Å²) in [5.41, 5.74) is 1.37. The molecular formula is C17H15ClN4O2S2. The Morgan fingerprint density at radius 3 is 2.77 bits per heavy atom. The average Bonchev–Trinajstić information content (AvgIpc) is 3.16. The molecule has 1 aliphatic rings. The molecule has 2 aromatic rings. The highest BCUT2D eigenvalue weighted by Gasteiger charge is 2.30. The Kier molecular flexibility index (Phi) is 6.08. The van der Waals surface area contributed by atoms with Gasteiger partial charge in [0.25, 0.3) is 0 Å². The number of nitrogens with zero attached hydrogens (tertiary/aromatic N) is 2. The van der Waals surface area contributed by atoms with Gasteiger partial charge in [-0.1, -0.05) is 29.4 Å². The molecule has 134 valence electrons. The minimum atomic E-state index is -0.574. The summed E-state index contributed by atoms with van der Waals surface area (Å²) in [6.45, 7) is 1.84. The summed E-state index contributed by atoms with van der Waals surface area (Å²) in [6.07, 6.45) is 0.0801. The average molecular weight is 407 g/mol. The Morgan fingerprint density at radius 1 is 1.31 bits per heavy atom. The molecule has 0 spiro atoms. The molecule has 0 aliphatic carbocycles. The lowest BCUT2D eigenvalue weighted by Gasteiger charge is -2.21. The second kappa shape index (κ2) is 8.48. The zero-order chi connectivity index (χ0) is 18.5. The normalized spacial score (nSPS) is 19.3. The summed E-state index contributed by atoms with van der Waals surface area (Å²) in [6, 6.07) is 10.7. The van der Waals surface area contributed by atoms with E-state index in [4.69, 9.17) is 11.6 Å². The fourth-order valence-electron chi connectivity index (χ4n) is 2.15. The summed E-state index contributed by atoms with van der Waals surface area (Å²) in [5.74, 6) is -0.526. The Labute approximate surface area is 163 Å². The molecule has 2 amide bonds. The van der Waals surface area contributed by atoms with E-state index in [1.54, 1.807) is 35.6 Å². The zero-order valence-corrected chi connectivity index (χ0v) is 16.1. The monoisotopic (exact) mass is 406 g/mol. The van der Waals surface area contributed by atoms with Gasteiger partial charge < -0.3 is 10.6 Å². The molecule has 0 saturated carbocycles. The van der Waals surface area contributed by atoms with Crippen LogP contribution in [-0.4, -0.2) is 27.9 Å². The number of amidine groups is 1. The van der Waals surface area contributed by atoms with E-state index in [1.165, 1.54) is 11.8 Å². The van der Waals surface area contributed by atoms with Gasteiger partial charge in [-0.15, -0.1) is 16.4 Å². The van der Waals surface area contributed by atoms with E-state index < -0.39 is 5.25 Å². The third kappa shape index (κ3) is 4.94. The van der Waals surface area contributed by atoms with Crippen LogP contribution in [0.5, 0.6) is 0 Å². The smallest absolute Gasteiger partial charge is 0.238 e. The van der Waals surface area contributed by atoms with Gasteiger partial charge in [-0.05, 0) is 42.6 Å². The molecule has 2 N–H and O–H groups in total. The van der Waals surface area contributed by atoms with Crippen molar-refractivity contribution in [3.63, 3.8) is 0 Å². The van der Waals surface area contributed by atoms with Crippen LogP contribution < -0.4 is 10.6 Å². The third-order valence-electron chi connectivity index (χ3n) is 3.44. The van der Waals surface area contributed by atoms with Crippen LogP contribution in [0.4, 0.5) is 5.69 Å². The number of thiophene rings is 1. The van der Waals surface area contributed by atoms with Gasteiger partial charge in [-0.3, -0.25) is 9.59 Å². The number of halogens is 1. The van der Waals surface area contributed by atoms with Gasteiger partial charge in [0.1, 0.15) is 5.25 Å². The van der Waals surface area contributed by atoms with Crippen LogP contribution in [-0.2, 0) is 9.59 Å². The van der Waals surface area contributed by atoms with Crippen molar-refractivity contribution in [3.8, 4) is 0 Å². The molecule has 26 heavy (non-hydrogen) atoms. The highest BCUT2D eigenvalue weighted by Crippen LogP contribution is 2.23. The number of nitrogens with one attached hydrogen (secondary N) is 2. The van der Waals surface area contributed by atoms with E-state index in [0.717, 1.165) is 10.6 Å². The van der Waals surface area contributed by atoms with Gasteiger partial charge in [0.05, 0.1) is 10.6 Å². The van der Waals surface area contributed by atoms with Crippen LogP contribution in [0.2, 0.25) is 5.02 Å². The van der Waals surface area contributed by atoms with Crippen LogP contribution in [0, 0.1) is 0 Å². The number of thioether (sulfide) groups is 1. The predicted octanol–water partition coefficient (Wildman–Crippen LogP) is 3.74. The highest BCUT2D eigenvalue weighted by molar-refractivity contribution is 8.15. The van der Waals surface area contributed by atoms with Crippen LogP contribution in [0.3, 0.4) is 0 Å². The molecule has 2 heterocycles. The van der Waals surface area contributed by atoms with Crippen molar-refractivity contribution in [1.29, 1.82) is 0 Å². The topological polar surface area (TPSA) is 82.9 Å². The first-order chi connectivity index (χ1) is 12.5. The molecule has 9 heteroatoms. The number of carbonyl (C=O) groups excluding carboxylic acids is 2. The van der Waals surface area contributed by atoms with Crippen LogP contribution in [0.1, 0.15) is 18.2 Å². The number of carbonyl (C=O) groups is 2. The highest BCUT2D eigenvalue weighted by atomic mass is 35.5. The molecule has 1 aliphatic heterocycles. The van der Waals surface area contributed by atoms with Gasteiger partial charge in [0.15, 0.2) is 5.17 Å². The van der Waals surface area contributed by atoms with Gasteiger partial charge in [-0.2, -0.15) is 5.10 Å². The Morgan fingerprint density at radius 2 is 2.08 bits per heavy atom. The molecule has 1 aromatic carbocycles. The van der Waals surface area contributed by atoms with Crippen LogP contribution >= 0.6 is 34.7 Å². The fraction of sp³-hybridized carbons (Fsp3) is 0.176. The van der Waals surface area contributed by atoms with E-state index in [-0.39, 0.29) is 18.2 Å². The van der Waals surface area contributed by atoms with Gasteiger partial charge >= 0.3 is 0 Å². The van der Waals surface area contributed by atoms with Crippen LogP contribution in [0.25, 0.3) is 0 Å². The third-order valence-corrected chi connectivity index (χ3v) is 5.75. The Balaban J connectivity index is 1.68. The number of hydrogen-bond donors (Lipinski definition) is 2. The van der Waals surface area contributed by atoms with E-state index in [0.29, 0.717) is 15.9 Å². The standard InChI is InChI=1S/C17H15ClN4O2S2/c1-10(13-3-2-8-25-13)21-22-17-20-15(23)9-14(26-17)16(24)19-12-6-4-11(18)5-7-12/h2-8,14H,9H2,1H3,(H,19,24)(H,20,22,23)/b21-10+. The van der Waals surface area contributed by atoms with E-state index >= 15 is 0 Å². The SMILES string of the molecule is C/C(=N\N=C1/NC(=O)CC(C(=O)Nc2ccc(Cl)cc2)S1)c1cccs1. The van der Waals surface area contributed by atoms with Gasteiger partial charge in [0, 0.05) is 17.1 Å². The molecular weight excluding hydrogens is 392 g/mol. The maximum absolute atomic E-state index is 12.4. The Bertz CT molecular complexity index is 863. The van der Waals surface area contributed by atoms with Crippen molar-refractivity contribution in [2.75, 3.05) is 5.32 Å². The van der Waals surface area contributed by atoms with Crippen molar-refractivity contribution in [2.24, 2.45) is 10.2 Å². The Hall–Kier alpha value is -2.16. The lowest BCUT2D eigenvalue weighted by molar-refractivity contribution is -0.123. The molecule has 1 saturated heterocycles. The minimum Gasteiger partial charge on any atom is -0.325 e. The number of hydrogen-bond acceptors (Lipinski definition) is 6. The lowest BCUT2D eigenvalue weighted by Crippen LogP contribution is -2.41. The fourth-order valence-corrected chi connectivity index (χ4v) is 3.88. The van der Waals surface area contributed by atoms with E-state index in [1.807, 2.05) is 24.4 Å². The van der Waals surface area contributed by atoms with Gasteiger partial charge in [-0.25, -0.2) is 0 Å². The van der Waals surface area contributed by atoms with Crippen molar-refractivity contribution in [3.05, 3.63) is 51.7 Å². The van der Waals surface area contributed by atoms with Crippen molar-refractivity contribution >= 4 is 63.1 Å². The first-order valence-corrected chi connectivity index (χ1v) is 9.84. The summed E-state index contributed by atoms with van der Waals surface area (Å²) < 4.78 is 0. The first kappa shape index (κ1) is 18.6. The number of rotatable bonds is 4. The number of benzene rings is 1. The zero-order valence-electron chi connectivity index (χ0n) is 13.7. The molecule has 1 fully saturated rings. The summed E-state index contributed by atoms with van der Waals surface area (Å²) in [4.78, 5) is 25.3. The first-order valence-electron chi connectivity index (χ1n) is 7.70. The van der Waals surface area contributed by atoms with E-state index in [9.17, 15) is 9.59 Å². The summed E-state index contributed by atoms with van der Waals surface area (Å²) in [5, 5.41) is 15.9. The minimum absolute atomic E-state index is 0.0801. The van der Waals surface area contributed by atoms with Crippen molar-refractivity contribution in [2.45, 2.75) is 18.6 Å². The molecule has 1 atom stereocenters. The second-order valence-corrected chi connectivity index (χ2v) is 8.00. The van der Waals surface area contributed by atoms with Crippen molar-refractivity contribution < 1.29 is 9.59 Å². The van der Waals surface area contributed by atoms with Crippen LogP contribution in [0.15, 0.2) is 52.0 Å². The molecule has 1 unspecified atom stereocenters. The van der Waals surface area contributed by atoms with Gasteiger partial charge in [0.2, 0.25) is 11.8 Å². The lowest BCUT2D eigenvalue weighted by atomic mass is 10.2. The molecule has 1 aromatic heterocycles. The number of anilines is 1. The maximum atomic E-state index is 12.4. The predicted molar refractivity (Wildman–Crippen MR) is 108 cm³/mol. The summed E-state index contributed by atoms with van der Waals surface area (Å²) in [7, 11) is 0. The maximum Gasteiger partial charge on any atom is 0.238 e. The summed E-state index contributed by atoms with van der Waals surface area (Å²) >= 11 is 8.57. The van der Waals surface area contributed by atoms with Crippen molar-refractivity contribution in [1.82, 2.24) is 5.32 Å². The molecule has 6 nitrogen and oxygen atoms in total. The van der Waals surface area contributed by atoms with E-state index in [2.05, 4.69) is 20.8 Å². The molecule has 0 radical (unpaired) electrons. The number of amides is 2. The second-order valence-electron chi connectivity index (χ2n) is 5.42.